The number of amides is 1. The Morgan fingerprint density at radius 1 is 1.46 bits per heavy atom. The molecule has 1 saturated heterocycles. The highest BCUT2D eigenvalue weighted by molar-refractivity contribution is 6.30. The molecule has 0 bridgehead atoms. The van der Waals surface area contributed by atoms with Crippen molar-refractivity contribution >= 4 is 29.9 Å². The first kappa shape index (κ1) is 20.7. The number of nitrogens with zero attached hydrogens (tertiary/aromatic N) is 2. The fraction of sp³-hybridized carbons (Fsp3) is 0.474. The Balaban J connectivity index is 0.00000243. The van der Waals surface area contributed by atoms with Crippen molar-refractivity contribution in [1.29, 1.82) is 0 Å². The van der Waals surface area contributed by atoms with Gasteiger partial charge >= 0.3 is 0 Å². The third-order valence-corrected chi connectivity index (χ3v) is 4.97. The predicted molar refractivity (Wildman–Crippen MR) is 108 cm³/mol. The van der Waals surface area contributed by atoms with Crippen molar-refractivity contribution in [2.45, 2.75) is 32.6 Å². The van der Waals surface area contributed by atoms with Crippen LogP contribution in [0.25, 0.3) is 5.69 Å². The van der Waals surface area contributed by atoms with E-state index in [4.69, 9.17) is 11.6 Å². The zero-order valence-electron chi connectivity index (χ0n) is 15.0. The van der Waals surface area contributed by atoms with Crippen LogP contribution < -0.4 is 10.6 Å². The molecule has 0 saturated carbocycles. The summed E-state index contributed by atoms with van der Waals surface area (Å²) < 4.78 is 1.80. The maximum absolute atomic E-state index is 12.6. The molecule has 2 heterocycles. The van der Waals surface area contributed by atoms with Gasteiger partial charge in [0.05, 0.1) is 23.1 Å². The summed E-state index contributed by atoms with van der Waals surface area (Å²) in [5.74, 6) is 0.614. The van der Waals surface area contributed by atoms with Crippen molar-refractivity contribution < 1.29 is 4.79 Å². The van der Waals surface area contributed by atoms with Crippen molar-refractivity contribution in [3.05, 3.63) is 46.7 Å². The van der Waals surface area contributed by atoms with E-state index in [1.807, 2.05) is 31.2 Å². The topological polar surface area (TPSA) is 59.0 Å². The molecule has 1 aliphatic rings. The van der Waals surface area contributed by atoms with Gasteiger partial charge in [0.2, 0.25) is 0 Å². The molecule has 2 aromatic rings. The minimum atomic E-state index is -0.0473. The van der Waals surface area contributed by atoms with Crippen LogP contribution in [0, 0.1) is 5.92 Å². The van der Waals surface area contributed by atoms with Gasteiger partial charge in [-0.3, -0.25) is 4.79 Å². The summed E-state index contributed by atoms with van der Waals surface area (Å²) in [5, 5.41) is 11.5. The Kier molecular flexibility index (Phi) is 7.94. The van der Waals surface area contributed by atoms with Gasteiger partial charge in [0, 0.05) is 11.6 Å². The Hall–Kier alpha value is -1.56. The second kappa shape index (κ2) is 9.95. The van der Waals surface area contributed by atoms with Crippen LogP contribution in [0.2, 0.25) is 5.02 Å². The van der Waals surface area contributed by atoms with Crippen molar-refractivity contribution in [3.63, 3.8) is 0 Å². The van der Waals surface area contributed by atoms with Gasteiger partial charge in [0.15, 0.2) is 0 Å². The highest BCUT2D eigenvalue weighted by Crippen LogP contribution is 2.19. The van der Waals surface area contributed by atoms with Gasteiger partial charge < -0.3 is 10.6 Å². The van der Waals surface area contributed by atoms with E-state index in [9.17, 15) is 4.79 Å². The predicted octanol–water partition coefficient (Wildman–Crippen LogP) is 3.63. The van der Waals surface area contributed by atoms with Gasteiger partial charge in [0.1, 0.15) is 0 Å². The van der Waals surface area contributed by atoms with E-state index in [0.29, 0.717) is 23.0 Å². The number of carbonyl (C=O) groups is 1. The molecule has 5 nitrogen and oxygen atoms in total. The molecule has 7 heteroatoms. The smallest absolute Gasteiger partial charge is 0.254 e. The summed E-state index contributed by atoms with van der Waals surface area (Å²) in [5.41, 5.74) is 2.42. The number of halogens is 2. The molecular formula is C19H26Cl2N4O. The highest BCUT2D eigenvalue weighted by atomic mass is 35.5. The van der Waals surface area contributed by atoms with E-state index in [1.54, 1.807) is 10.9 Å². The fourth-order valence-corrected chi connectivity index (χ4v) is 3.57. The third-order valence-electron chi connectivity index (χ3n) is 4.74. The average Bonchev–Trinajstić information content (AvgIpc) is 3.06. The molecule has 1 unspecified atom stereocenters. The maximum atomic E-state index is 12.6. The molecule has 0 aliphatic carbocycles. The van der Waals surface area contributed by atoms with Gasteiger partial charge in [-0.2, -0.15) is 5.10 Å². The van der Waals surface area contributed by atoms with Crippen LogP contribution in [0.4, 0.5) is 0 Å². The van der Waals surface area contributed by atoms with Crippen molar-refractivity contribution in [1.82, 2.24) is 20.4 Å². The second-order valence-corrected chi connectivity index (χ2v) is 6.94. The molecule has 1 aliphatic heterocycles. The van der Waals surface area contributed by atoms with Gasteiger partial charge in [0.25, 0.3) is 5.91 Å². The lowest BCUT2D eigenvalue weighted by molar-refractivity contribution is 0.0949. The Morgan fingerprint density at radius 3 is 3.00 bits per heavy atom. The number of hydrogen-bond acceptors (Lipinski definition) is 3. The second-order valence-electron chi connectivity index (χ2n) is 6.51. The van der Waals surface area contributed by atoms with E-state index in [-0.39, 0.29) is 18.3 Å². The Morgan fingerprint density at radius 2 is 2.31 bits per heavy atom. The molecule has 1 aromatic carbocycles. The van der Waals surface area contributed by atoms with Crippen molar-refractivity contribution in [2.24, 2.45) is 5.92 Å². The molecule has 26 heavy (non-hydrogen) atoms. The van der Waals surface area contributed by atoms with Crippen LogP contribution in [-0.2, 0) is 6.42 Å². The average molecular weight is 397 g/mol. The van der Waals surface area contributed by atoms with Gasteiger partial charge in [-0.05, 0) is 62.9 Å². The summed E-state index contributed by atoms with van der Waals surface area (Å²) in [7, 11) is 0. The lowest BCUT2D eigenvalue weighted by Crippen LogP contribution is -2.33. The Labute approximate surface area is 165 Å². The summed E-state index contributed by atoms with van der Waals surface area (Å²) in [6.45, 7) is 4.91. The first-order valence-corrected chi connectivity index (χ1v) is 9.38. The molecule has 1 atom stereocenters. The molecule has 0 radical (unpaired) electrons. The van der Waals surface area contributed by atoms with Crippen LogP contribution in [-0.4, -0.2) is 35.3 Å². The standard InChI is InChI=1S/C19H25ClN4O.ClH/c1-2-18-17(13-23-24(18)16-7-3-6-15(20)11-16)19(25)22-10-8-14-5-4-9-21-12-14;/h3,6-7,11,13-14,21H,2,4-5,8-10,12H2,1H3,(H,22,25);1H. The minimum Gasteiger partial charge on any atom is -0.352 e. The van der Waals surface area contributed by atoms with E-state index in [1.165, 1.54) is 12.8 Å². The molecular weight excluding hydrogens is 371 g/mol. The number of nitrogens with one attached hydrogen (secondary N) is 2. The molecule has 2 N–H and O–H groups in total. The van der Waals surface area contributed by atoms with Crippen LogP contribution in [0.15, 0.2) is 30.5 Å². The Bertz CT molecular complexity index is 726. The SMILES string of the molecule is CCc1c(C(=O)NCCC2CCCNC2)cnn1-c1cccc(Cl)c1.Cl. The molecule has 0 spiro atoms. The zero-order valence-corrected chi connectivity index (χ0v) is 16.6. The fourth-order valence-electron chi connectivity index (χ4n) is 3.39. The molecule has 142 valence electrons. The van der Waals surface area contributed by atoms with Crippen molar-refractivity contribution in [2.75, 3.05) is 19.6 Å². The van der Waals surface area contributed by atoms with Crippen LogP contribution in [0.1, 0.15) is 42.2 Å². The van der Waals surface area contributed by atoms with Gasteiger partial charge in [-0.15, -0.1) is 12.4 Å². The van der Waals surface area contributed by atoms with E-state index in [2.05, 4.69) is 15.7 Å². The van der Waals surface area contributed by atoms with Gasteiger partial charge in [-0.25, -0.2) is 4.68 Å². The normalized spacial score (nSPS) is 16.8. The quantitative estimate of drug-likeness (QED) is 0.783. The van der Waals surface area contributed by atoms with Gasteiger partial charge in [-0.1, -0.05) is 24.6 Å². The number of carbonyl (C=O) groups excluding carboxylic acids is 1. The minimum absolute atomic E-state index is 0. The lowest BCUT2D eigenvalue weighted by Gasteiger charge is -2.22. The number of piperidine rings is 1. The lowest BCUT2D eigenvalue weighted by atomic mass is 9.96. The monoisotopic (exact) mass is 396 g/mol. The zero-order chi connectivity index (χ0) is 17.6. The van der Waals surface area contributed by atoms with E-state index >= 15 is 0 Å². The van der Waals surface area contributed by atoms with Crippen molar-refractivity contribution in [3.8, 4) is 5.69 Å². The summed E-state index contributed by atoms with van der Waals surface area (Å²) in [4.78, 5) is 12.6. The highest BCUT2D eigenvalue weighted by Gasteiger charge is 2.18. The third kappa shape index (κ3) is 5.00. The van der Waals surface area contributed by atoms with E-state index < -0.39 is 0 Å². The number of benzene rings is 1. The van der Waals surface area contributed by atoms with Crippen LogP contribution >= 0.6 is 24.0 Å². The number of aromatic nitrogens is 2. The maximum Gasteiger partial charge on any atom is 0.254 e. The largest absolute Gasteiger partial charge is 0.352 e. The summed E-state index contributed by atoms with van der Waals surface area (Å²) in [6, 6.07) is 7.51. The van der Waals surface area contributed by atoms with Crippen LogP contribution in [0.3, 0.4) is 0 Å². The molecule has 1 aromatic heterocycles. The van der Waals surface area contributed by atoms with E-state index in [0.717, 1.165) is 37.3 Å². The summed E-state index contributed by atoms with van der Waals surface area (Å²) >= 11 is 6.08. The summed E-state index contributed by atoms with van der Waals surface area (Å²) in [6.07, 6.45) is 5.86. The number of hydrogen-bond donors (Lipinski definition) is 2. The molecule has 1 fully saturated rings. The van der Waals surface area contributed by atoms with Crippen LogP contribution in [0.5, 0.6) is 0 Å². The first-order chi connectivity index (χ1) is 12.2. The molecule has 1 amide bonds. The molecule has 3 rings (SSSR count). The first-order valence-electron chi connectivity index (χ1n) is 9.00. The number of rotatable bonds is 6.